The molecule has 0 saturated carbocycles. The Hall–Kier alpha value is -1.72. The Morgan fingerprint density at radius 2 is 2.20 bits per heavy atom. The molecule has 1 aromatic rings. The minimum atomic E-state index is -2.79. The number of nitrogens with two attached hydrogens (primary N) is 1. The van der Waals surface area contributed by atoms with Crippen LogP contribution < -0.4 is 10.5 Å². The van der Waals surface area contributed by atoms with E-state index in [1.54, 1.807) is 0 Å². The first kappa shape index (κ1) is 11.4. The quantitative estimate of drug-likeness (QED) is 0.831. The molecule has 0 aromatic carbocycles. The van der Waals surface area contributed by atoms with Gasteiger partial charge >= 0.3 is 0 Å². The van der Waals surface area contributed by atoms with Crippen molar-refractivity contribution in [2.75, 3.05) is 7.11 Å². The van der Waals surface area contributed by atoms with E-state index in [1.165, 1.54) is 14.0 Å². The third-order valence-electron chi connectivity index (χ3n) is 2.00. The Morgan fingerprint density at radius 3 is 2.60 bits per heavy atom. The van der Waals surface area contributed by atoms with Gasteiger partial charge in [0.25, 0.3) is 12.3 Å². The van der Waals surface area contributed by atoms with Crippen LogP contribution in [0.5, 0.6) is 5.88 Å². The first-order chi connectivity index (χ1) is 6.99. The number of hydrogen-bond donors (Lipinski definition) is 1. The third kappa shape index (κ3) is 2.03. The van der Waals surface area contributed by atoms with E-state index in [1.807, 2.05) is 0 Å². The molecule has 2 N–H and O–H groups in total. The monoisotopic (exact) mass is 216 g/mol. The van der Waals surface area contributed by atoms with Crippen LogP contribution in [0.1, 0.15) is 27.9 Å². The van der Waals surface area contributed by atoms with Crippen molar-refractivity contribution in [2.45, 2.75) is 13.3 Å². The summed E-state index contributed by atoms with van der Waals surface area (Å²) in [5, 5.41) is 0. The van der Waals surface area contributed by atoms with Crippen molar-refractivity contribution in [3.63, 3.8) is 0 Å². The second-order valence-electron chi connectivity index (χ2n) is 2.88. The fourth-order valence-electron chi connectivity index (χ4n) is 1.29. The molecule has 0 fully saturated rings. The molecule has 0 radical (unpaired) electrons. The highest BCUT2D eigenvalue weighted by Crippen LogP contribution is 2.30. The standard InChI is InChI=1S/C9H10F2N2O2/c1-4-6(7(10)11)5(8(12)14)3-13-9(4)15-2/h3,7H,1-2H3,(H2,12,14). The number of methoxy groups -OCH3 is 1. The topological polar surface area (TPSA) is 65.2 Å². The number of carbonyl (C=O) groups excluding carboxylic acids is 1. The Morgan fingerprint density at radius 1 is 1.60 bits per heavy atom. The molecular weight excluding hydrogens is 206 g/mol. The van der Waals surface area contributed by atoms with Gasteiger partial charge in [0.2, 0.25) is 5.88 Å². The molecule has 0 atom stereocenters. The van der Waals surface area contributed by atoms with Crippen molar-refractivity contribution >= 4 is 5.91 Å². The van der Waals surface area contributed by atoms with Gasteiger partial charge in [-0.15, -0.1) is 0 Å². The SMILES string of the molecule is COc1ncc(C(N)=O)c(C(F)F)c1C. The van der Waals surface area contributed by atoms with E-state index in [9.17, 15) is 13.6 Å². The first-order valence-electron chi connectivity index (χ1n) is 4.10. The van der Waals surface area contributed by atoms with Crippen molar-refractivity contribution in [1.29, 1.82) is 0 Å². The van der Waals surface area contributed by atoms with E-state index in [4.69, 9.17) is 10.5 Å². The number of alkyl halides is 2. The summed E-state index contributed by atoms with van der Waals surface area (Å²) in [6.45, 7) is 1.40. The molecular formula is C9H10F2N2O2. The van der Waals surface area contributed by atoms with E-state index in [0.717, 1.165) is 6.20 Å². The predicted octanol–water partition coefficient (Wildman–Crippen LogP) is 1.44. The van der Waals surface area contributed by atoms with Crippen molar-refractivity contribution in [3.8, 4) is 5.88 Å². The van der Waals surface area contributed by atoms with Gasteiger partial charge < -0.3 is 10.5 Å². The second-order valence-corrected chi connectivity index (χ2v) is 2.88. The fraction of sp³-hybridized carbons (Fsp3) is 0.333. The van der Waals surface area contributed by atoms with Crippen molar-refractivity contribution < 1.29 is 18.3 Å². The van der Waals surface area contributed by atoms with Crippen LogP contribution in [0.25, 0.3) is 0 Å². The Kier molecular flexibility index (Phi) is 3.18. The lowest BCUT2D eigenvalue weighted by Crippen LogP contribution is -2.16. The number of pyridine rings is 1. The third-order valence-corrected chi connectivity index (χ3v) is 2.00. The van der Waals surface area contributed by atoms with Crippen molar-refractivity contribution in [2.24, 2.45) is 5.73 Å². The van der Waals surface area contributed by atoms with E-state index in [-0.39, 0.29) is 17.0 Å². The van der Waals surface area contributed by atoms with Crippen LogP contribution in [-0.2, 0) is 0 Å². The summed E-state index contributed by atoms with van der Waals surface area (Å²) in [7, 11) is 1.31. The summed E-state index contributed by atoms with van der Waals surface area (Å²) in [6, 6.07) is 0. The van der Waals surface area contributed by atoms with E-state index >= 15 is 0 Å². The number of nitrogens with zero attached hydrogens (tertiary/aromatic N) is 1. The van der Waals surface area contributed by atoms with E-state index < -0.39 is 17.9 Å². The Labute approximate surface area is 85.1 Å². The number of ether oxygens (including phenoxy) is 1. The average Bonchev–Trinajstić information content (AvgIpc) is 2.16. The summed E-state index contributed by atoms with van der Waals surface area (Å²) in [5.74, 6) is -0.862. The zero-order chi connectivity index (χ0) is 11.6. The molecule has 1 amide bonds. The van der Waals surface area contributed by atoms with Crippen LogP contribution in [0.2, 0.25) is 0 Å². The van der Waals surface area contributed by atoms with Crippen molar-refractivity contribution in [3.05, 3.63) is 22.9 Å². The van der Waals surface area contributed by atoms with Crippen LogP contribution in [0.15, 0.2) is 6.20 Å². The number of amides is 1. The Balaban J connectivity index is 3.44. The maximum atomic E-state index is 12.7. The normalized spacial score (nSPS) is 10.5. The molecule has 0 saturated heterocycles. The minimum absolute atomic E-state index is 0.0651. The molecule has 0 aliphatic rings. The van der Waals surface area contributed by atoms with Crippen molar-refractivity contribution in [1.82, 2.24) is 4.98 Å². The van der Waals surface area contributed by atoms with E-state index in [2.05, 4.69) is 4.98 Å². The van der Waals surface area contributed by atoms with Gasteiger partial charge in [0.15, 0.2) is 0 Å². The van der Waals surface area contributed by atoms with Crippen LogP contribution in [-0.4, -0.2) is 18.0 Å². The second kappa shape index (κ2) is 4.20. The molecule has 1 heterocycles. The van der Waals surface area contributed by atoms with Crippen LogP contribution in [0.3, 0.4) is 0 Å². The summed E-state index contributed by atoms with van der Waals surface area (Å²) in [4.78, 5) is 14.6. The maximum Gasteiger partial charge on any atom is 0.265 e. The molecule has 4 nitrogen and oxygen atoms in total. The molecule has 1 aromatic heterocycles. The highest BCUT2D eigenvalue weighted by atomic mass is 19.3. The molecule has 0 aliphatic carbocycles. The van der Waals surface area contributed by atoms with Crippen LogP contribution >= 0.6 is 0 Å². The summed E-state index contributed by atoms with van der Waals surface area (Å²) in [5.41, 5.74) is 4.39. The summed E-state index contributed by atoms with van der Waals surface area (Å²) in [6.07, 6.45) is -1.79. The summed E-state index contributed by atoms with van der Waals surface area (Å²) < 4.78 is 30.1. The molecule has 0 aliphatic heterocycles. The molecule has 0 bridgehead atoms. The van der Waals surface area contributed by atoms with Gasteiger partial charge in [-0.1, -0.05) is 0 Å². The number of hydrogen-bond acceptors (Lipinski definition) is 3. The van der Waals surface area contributed by atoms with Gasteiger partial charge in [-0.25, -0.2) is 13.8 Å². The van der Waals surface area contributed by atoms with E-state index in [0.29, 0.717) is 0 Å². The number of rotatable bonds is 3. The highest BCUT2D eigenvalue weighted by Gasteiger charge is 2.22. The maximum absolute atomic E-state index is 12.7. The number of primary amides is 1. The summed E-state index contributed by atoms with van der Waals surface area (Å²) >= 11 is 0. The fourth-order valence-corrected chi connectivity index (χ4v) is 1.29. The molecule has 82 valence electrons. The number of carbonyl (C=O) groups is 1. The largest absolute Gasteiger partial charge is 0.481 e. The smallest absolute Gasteiger partial charge is 0.265 e. The lowest BCUT2D eigenvalue weighted by atomic mass is 10.1. The minimum Gasteiger partial charge on any atom is -0.481 e. The molecule has 0 spiro atoms. The average molecular weight is 216 g/mol. The molecule has 1 rings (SSSR count). The first-order valence-corrected chi connectivity index (χ1v) is 4.10. The van der Waals surface area contributed by atoms with Gasteiger partial charge in [0, 0.05) is 17.3 Å². The molecule has 15 heavy (non-hydrogen) atoms. The highest BCUT2D eigenvalue weighted by molar-refractivity contribution is 5.94. The van der Waals surface area contributed by atoms with Gasteiger partial charge in [0.1, 0.15) is 0 Å². The number of halogens is 2. The van der Waals surface area contributed by atoms with Crippen LogP contribution in [0.4, 0.5) is 8.78 Å². The molecule has 6 heteroatoms. The van der Waals surface area contributed by atoms with Gasteiger partial charge in [-0.3, -0.25) is 4.79 Å². The van der Waals surface area contributed by atoms with Gasteiger partial charge in [0.05, 0.1) is 12.7 Å². The molecule has 0 unspecified atom stereocenters. The lowest BCUT2D eigenvalue weighted by molar-refractivity contribution is 0.0984. The zero-order valence-electron chi connectivity index (χ0n) is 8.25. The number of aromatic nitrogens is 1. The lowest BCUT2D eigenvalue weighted by Gasteiger charge is -2.11. The Bertz CT molecular complexity index is 394. The predicted molar refractivity (Wildman–Crippen MR) is 49.0 cm³/mol. The zero-order valence-corrected chi connectivity index (χ0v) is 8.25. The van der Waals surface area contributed by atoms with Crippen LogP contribution in [0, 0.1) is 6.92 Å². The van der Waals surface area contributed by atoms with Gasteiger partial charge in [-0.2, -0.15) is 0 Å². The van der Waals surface area contributed by atoms with Gasteiger partial charge in [-0.05, 0) is 6.92 Å².